The van der Waals surface area contributed by atoms with E-state index in [-0.39, 0.29) is 24.5 Å². The molecule has 1 saturated heterocycles. The van der Waals surface area contributed by atoms with Crippen LogP contribution >= 0.6 is 11.6 Å². The van der Waals surface area contributed by atoms with Crippen LogP contribution in [0.5, 0.6) is 0 Å². The maximum Gasteiger partial charge on any atom is 0.251 e. The van der Waals surface area contributed by atoms with Crippen LogP contribution in [0.15, 0.2) is 24.3 Å². The van der Waals surface area contributed by atoms with E-state index in [9.17, 15) is 9.59 Å². The lowest BCUT2D eigenvalue weighted by atomic mass is 9.94. The Hall–Kier alpha value is -1.59. The molecule has 0 bridgehead atoms. The fraction of sp³-hybridized carbons (Fsp3) is 0.556. The minimum atomic E-state index is -0.698. The highest BCUT2D eigenvalue weighted by molar-refractivity contribution is 6.30. The number of hydrogen-bond acceptors (Lipinski definition) is 3. The molecule has 1 heterocycles. The van der Waals surface area contributed by atoms with Gasteiger partial charge in [0.2, 0.25) is 5.91 Å². The third kappa shape index (κ3) is 3.73. The van der Waals surface area contributed by atoms with Gasteiger partial charge in [-0.25, -0.2) is 0 Å². The molecule has 2 aliphatic rings. The molecule has 0 unspecified atom stereocenters. The van der Waals surface area contributed by atoms with Gasteiger partial charge >= 0.3 is 0 Å². The second kappa shape index (κ2) is 7.53. The fourth-order valence-electron chi connectivity index (χ4n) is 3.52. The van der Waals surface area contributed by atoms with Crippen molar-refractivity contribution in [2.24, 2.45) is 0 Å². The van der Waals surface area contributed by atoms with Crippen LogP contribution in [0.4, 0.5) is 0 Å². The number of nitrogens with zero attached hydrogens (tertiary/aromatic N) is 1. The fourth-order valence-corrected chi connectivity index (χ4v) is 3.65. The average Bonchev–Trinajstić information content (AvgIpc) is 2.59. The summed E-state index contributed by atoms with van der Waals surface area (Å²) in [4.78, 5) is 26.4. The summed E-state index contributed by atoms with van der Waals surface area (Å²) in [5, 5.41) is 3.73. The summed E-state index contributed by atoms with van der Waals surface area (Å²) in [5.41, 5.74) is 0.846. The van der Waals surface area contributed by atoms with Crippen molar-refractivity contribution in [3.8, 4) is 0 Å². The molecule has 130 valence electrons. The minimum Gasteiger partial charge on any atom is -0.356 e. The summed E-state index contributed by atoms with van der Waals surface area (Å²) in [6.45, 7) is -0.0661. The van der Waals surface area contributed by atoms with E-state index in [4.69, 9.17) is 16.3 Å². The Balaban J connectivity index is 1.79. The van der Waals surface area contributed by atoms with Gasteiger partial charge in [0, 0.05) is 18.1 Å². The van der Waals surface area contributed by atoms with Crippen molar-refractivity contribution < 1.29 is 14.3 Å². The van der Waals surface area contributed by atoms with Crippen molar-refractivity contribution >= 4 is 23.4 Å². The maximum atomic E-state index is 12.8. The SMILES string of the molecule is CN1C(=O)CO[C@@H](C(=O)NC2CCCCC2)[C@H]1c1ccc(Cl)cc1. The van der Waals surface area contributed by atoms with Gasteiger partial charge in [0.15, 0.2) is 6.10 Å². The van der Waals surface area contributed by atoms with Crippen molar-refractivity contribution in [1.29, 1.82) is 0 Å². The van der Waals surface area contributed by atoms with Gasteiger partial charge in [-0.3, -0.25) is 9.59 Å². The van der Waals surface area contributed by atoms with Crippen molar-refractivity contribution in [3.05, 3.63) is 34.9 Å². The first-order valence-corrected chi connectivity index (χ1v) is 8.87. The lowest BCUT2D eigenvalue weighted by molar-refractivity contribution is -0.162. The van der Waals surface area contributed by atoms with Crippen LogP contribution < -0.4 is 5.32 Å². The number of carbonyl (C=O) groups excluding carboxylic acids is 2. The molecule has 1 aromatic carbocycles. The minimum absolute atomic E-state index is 0.0661. The molecule has 0 spiro atoms. The molecule has 1 aliphatic heterocycles. The summed E-state index contributed by atoms with van der Waals surface area (Å²) in [7, 11) is 1.71. The normalized spacial score (nSPS) is 25.6. The highest BCUT2D eigenvalue weighted by atomic mass is 35.5. The Morgan fingerprint density at radius 3 is 2.54 bits per heavy atom. The molecule has 6 heteroatoms. The number of nitrogens with one attached hydrogen (secondary N) is 1. The van der Waals surface area contributed by atoms with Crippen LogP contribution in [-0.4, -0.2) is 42.5 Å². The van der Waals surface area contributed by atoms with E-state index < -0.39 is 12.1 Å². The van der Waals surface area contributed by atoms with Crippen molar-refractivity contribution in [2.45, 2.75) is 50.3 Å². The number of carbonyl (C=O) groups is 2. The van der Waals surface area contributed by atoms with Gasteiger partial charge in [-0.05, 0) is 30.5 Å². The van der Waals surface area contributed by atoms with Gasteiger partial charge < -0.3 is 15.0 Å². The number of hydrogen-bond donors (Lipinski definition) is 1. The van der Waals surface area contributed by atoms with Crippen LogP contribution in [0.3, 0.4) is 0 Å². The highest BCUT2D eigenvalue weighted by Gasteiger charge is 2.40. The van der Waals surface area contributed by atoms with E-state index in [2.05, 4.69) is 5.32 Å². The molecular weight excluding hydrogens is 328 g/mol. The zero-order chi connectivity index (χ0) is 17.1. The standard InChI is InChI=1S/C18H23ClN2O3/c1-21-15(22)11-24-17(16(21)12-7-9-13(19)10-8-12)18(23)20-14-5-3-2-4-6-14/h7-10,14,16-17H,2-6,11H2,1H3,(H,20,23)/t16-,17-/m1/s1. The second-order valence-corrected chi connectivity index (χ2v) is 7.01. The van der Waals surface area contributed by atoms with E-state index in [1.165, 1.54) is 6.42 Å². The van der Waals surface area contributed by atoms with Gasteiger partial charge in [-0.2, -0.15) is 0 Å². The molecule has 2 atom stereocenters. The number of rotatable bonds is 3. The molecule has 24 heavy (non-hydrogen) atoms. The molecule has 1 aliphatic carbocycles. The second-order valence-electron chi connectivity index (χ2n) is 6.58. The van der Waals surface area contributed by atoms with Crippen molar-refractivity contribution in [2.75, 3.05) is 13.7 Å². The lowest BCUT2D eigenvalue weighted by Crippen LogP contribution is -2.54. The first-order chi connectivity index (χ1) is 11.6. The summed E-state index contributed by atoms with van der Waals surface area (Å²) in [6.07, 6.45) is 4.86. The number of amides is 2. The number of morpholine rings is 1. The third-order valence-corrected chi connectivity index (χ3v) is 5.16. The number of ether oxygens (including phenoxy) is 1. The van der Waals surface area contributed by atoms with Crippen LogP contribution in [0.2, 0.25) is 5.02 Å². The molecule has 2 amide bonds. The molecule has 1 aromatic rings. The van der Waals surface area contributed by atoms with E-state index in [1.54, 1.807) is 24.1 Å². The summed E-state index contributed by atoms with van der Waals surface area (Å²) in [5.74, 6) is -0.266. The monoisotopic (exact) mass is 350 g/mol. The molecule has 5 nitrogen and oxygen atoms in total. The van der Waals surface area contributed by atoms with E-state index in [1.807, 2.05) is 12.1 Å². The molecule has 1 saturated carbocycles. The number of likely N-dealkylation sites (N-methyl/N-ethyl adjacent to an activating group) is 1. The quantitative estimate of drug-likeness (QED) is 0.911. The zero-order valence-corrected chi connectivity index (χ0v) is 14.6. The molecule has 2 fully saturated rings. The summed E-state index contributed by atoms with van der Waals surface area (Å²) >= 11 is 5.95. The average molecular weight is 351 g/mol. The van der Waals surface area contributed by atoms with Crippen LogP contribution in [0.1, 0.15) is 43.7 Å². The van der Waals surface area contributed by atoms with E-state index in [0.29, 0.717) is 5.02 Å². The summed E-state index contributed by atoms with van der Waals surface area (Å²) < 4.78 is 5.63. The van der Waals surface area contributed by atoms with Crippen molar-refractivity contribution in [1.82, 2.24) is 10.2 Å². The molecule has 1 N–H and O–H groups in total. The van der Waals surface area contributed by atoms with Crippen LogP contribution in [-0.2, 0) is 14.3 Å². The Kier molecular flexibility index (Phi) is 5.41. The first-order valence-electron chi connectivity index (χ1n) is 8.49. The number of benzene rings is 1. The first kappa shape index (κ1) is 17.2. The molecule has 3 rings (SSSR count). The zero-order valence-electron chi connectivity index (χ0n) is 13.8. The van der Waals surface area contributed by atoms with Gasteiger partial charge in [-0.15, -0.1) is 0 Å². The topological polar surface area (TPSA) is 58.6 Å². The Morgan fingerprint density at radius 2 is 1.88 bits per heavy atom. The van der Waals surface area contributed by atoms with Gasteiger partial charge in [-0.1, -0.05) is 43.0 Å². The van der Waals surface area contributed by atoms with Gasteiger partial charge in [0.25, 0.3) is 5.91 Å². The largest absolute Gasteiger partial charge is 0.356 e. The Bertz CT molecular complexity index is 599. The smallest absolute Gasteiger partial charge is 0.251 e. The summed E-state index contributed by atoms with van der Waals surface area (Å²) in [6, 6.07) is 6.98. The van der Waals surface area contributed by atoms with E-state index in [0.717, 1.165) is 31.2 Å². The highest BCUT2D eigenvalue weighted by Crippen LogP contribution is 2.30. The van der Waals surface area contributed by atoms with Gasteiger partial charge in [0.1, 0.15) is 6.61 Å². The molecule has 0 radical (unpaired) electrons. The van der Waals surface area contributed by atoms with Gasteiger partial charge in [0.05, 0.1) is 6.04 Å². The molecule has 0 aromatic heterocycles. The Labute approximate surface area is 147 Å². The predicted octanol–water partition coefficient (Wildman–Crippen LogP) is 2.69. The lowest BCUT2D eigenvalue weighted by Gasteiger charge is -2.39. The molecular formula is C18H23ClN2O3. The van der Waals surface area contributed by atoms with E-state index >= 15 is 0 Å². The predicted molar refractivity (Wildman–Crippen MR) is 91.7 cm³/mol. The van der Waals surface area contributed by atoms with Crippen LogP contribution in [0.25, 0.3) is 0 Å². The third-order valence-electron chi connectivity index (χ3n) is 4.91. The Morgan fingerprint density at radius 1 is 1.21 bits per heavy atom. The van der Waals surface area contributed by atoms with Crippen molar-refractivity contribution in [3.63, 3.8) is 0 Å². The van der Waals surface area contributed by atoms with Crippen LogP contribution in [0, 0.1) is 0 Å². The number of halogens is 1. The maximum absolute atomic E-state index is 12.8.